The molecule has 0 unspecified atom stereocenters. The Bertz CT molecular complexity index is 843. The van der Waals surface area contributed by atoms with Crippen molar-refractivity contribution in [3.8, 4) is 0 Å². The van der Waals surface area contributed by atoms with Gasteiger partial charge in [-0.15, -0.1) is 12.6 Å². The van der Waals surface area contributed by atoms with Crippen LogP contribution >= 0.6 is 12.6 Å². The molecule has 0 bridgehead atoms. The number of hydrogen-bond donors (Lipinski definition) is 3. The van der Waals surface area contributed by atoms with E-state index in [2.05, 4.69) is 22.8 Å². The first kappa shape index (κ1) is 17.1. The number of piperazine rings is 1. The number of thiol groups is 1. The standard InChI is InChI=1S/C17H21N3O2S2/c1-12-15(20-10-8-19-9-11-20)6-7-16(23)17(12)24(21,22)14-4-2-13(18)3-5-14/h2-7,19,23H,8-11,18H2,1H3. The lowest BCUT2D eigenvalue weighted by Gasteiger charge is -2.31. The maximum atomic E-state index is 13.1. The second kappa shape index (κ2) is 6.66. The number of nitrogens with two attached hydrogens (primary N) is 1. The molecule has 1 saturated heterocycles. The lowest BCUT2D eigenvalue weighted by molar-refractivity contribution is 0.585. The lowest BCUT2D eigenvalue weighted by atomic mass is 10.1. The summed E-state index contributed by atoms with van der Waals surface area (Å²) < 4.78 is 26.2. The highest BCUT2D eigenvalue weighted by atomic mass is 32.2. The molecule has 1 aliphatic rings. The predicted octanol–water partition coefficient (Wildman–Crippen LogP) is 2.11. The quantitative estimate of drug-likeness (QED) is 0.575. The van der Waals surface area contributed by atoms with Crippen molar-refractivity contribution >= 4 is 33.8 Å². The van der Waals surface area contributed by atoms with Gasteiger partial charge in [-0.1, -0.05) is 0 Å². The number of nitrogens with zero attached hydrogens (tertiary/aromatic N) is 1. The van der Waals surface area contributed by atoms with Crippen molar-refractivity contribution in [2.45, 2.75) is 21.6 Å². The molecule has 1 heterocycles. The van der Waals surface area contributed by atoms with Crippen molar-refractivity contribution in [3.05, 3.63) is 42.0 Å². The second-order valence-corrected chi connectivity index (χ2v) is 8.24. The molecule has 0 amide bonds. The number of nitrogen functional groups attached to an aromatic ring is 1. The summed E-state index contributed by atoms with van der Waals surface area (Å²) in [4.78, 5) is 3.17. The molecule has 7 heteroatoms. The number of sulfone groups is 1. The molecule has 0 spiro atoms. The zero-order chi connectivity index (χ0) is 17.3. The van der Waals surface area contributed by atoms with Crippen LogP contribution in [0.1, 0.15) is 5.56 Å². The zero-order valence-electron chi connectivity index (χ0n) is 13.5. The number of nitrogens with one attached hydrogen (secondary N) is 1. The highest BCUT2D eigenvalue weighted by Crippen LogP contribution is 2.35. The van der Waals surface area contributed by atoms with Gasteiger partial charge >= 0.3 is 0 Å². The van der Waals surface area contributed by atoms with Crippen LogP contribution in [0.5, 0.6) is 0 Å². The molecular formula is C17H21N3O2S2. The molecule has 0 saturated carbocycles. The van der Waals surface area contributed by atoms with Crippen molar-refractivity contribution < 1.29 is 8.42 Å². The molecule has 1 aliphatic heterocycles. The summed E-state index contributed by atoms with van der Waals surface area (Å²) in [6.45, 7) is 5.34. The van der Waals surface area contributed by atoms with E-state index in [1.165, 1.54) is 12.1 Å². The first-order chi connectivity index (χ1) is 11.4. The fourth-order valence-corrected chi connectivity index (χ4v) is 5.20. The van der Waals surface area contributed by atoms with E-state index in [-0.39, 0.29) is 9.79 Å². The van der Waals surface area contributed by atoms with Crippen molar-refractivity contribution in [1.82, 2.24) is 5.32 Å². The van der Waals surface area contributed by atoms with E-state index in [1.807, 2.05) is 13.0 Å². The summed E-state index contributed by atoms with van der Waals surface area (Å²) >= 11 is 4.41. The van der Waals surface area contributed by atoms with E-state index in [0.717, 1.165) is 37.4 Å². The van der Waals surface area contributed by atoms with Crippen molar-refractivity contribution in [1.29, 1.82) is 0 Å². The maximum Gasteiger partial charge on any atom is 0.208 e. The van der Waals surface area contributed by atoms with Crippen molar-refractivity contribution in [3.63, 3.8) is 0 Å². The number of benzene rings is 2. The minimum atomic E-state index is -3.65. The van der Waals surface area contributed by atoms with E-state index in [4.69, 9.17) is 5.73 Å². The van der Waals surface area contributed by atoms with Crippen LogP contribution in [-0.4, -0.2) is 34.6 Å². The summed E-state index contributed by atoms with van der Waals surface area (Å²) in [5.41, 5.74) is 7.89. The lowest BCUT2D eigenvalue weighted by Crippen LogP contribution is -2.43. The first-order valence-electron chi connectivity index (χ1n) is 7.80. The molecule has 0 radical (unpaired) electrons. The minimum absolute atomic E-state index is 0.229. The van der Waals surface area contributed by atoms with Crippen LogP contribution in [0.4, 0.5) is 11.4 Å². The van der Waals surface area contributed by atoms with Gasteiger partial charge in [0.05, 0.1) is 9.79 Å². The minimum Gasteiger partial charge on any atom is -0.399 e. The Morgan fingerprint density at radius 2 is 1.71 bits per heavy atom. The largest absolute Gasteiger partial charge is 0.399 e. The van der Waals surface area contributed by atoms with Gasteiger partial charge in [-0.2, -0.15) is 0 Å². The molecular weight excluding hydrogens is 342 g/mol. The fraction of sp³-hybridized carbons (Fsp3) is 0.294. The van der Waals surface area contributed by atoms with Gasteiger partial charge in [0.2, 0.25) is 9.84 Å². The van der Waals surface area contributed by atoms with E-state index < -0.39 is 9.84 Å². The topological polar surface area (TPSA) is 75.4 Å². The first-order valence-corrected chi connectivity index (χ1v) is 9.73. The Balaban J connectivity index is 2.11. The van der Waals surface area contributed by atoms with Crippen LogP contribution in [0.25, 0.3) is 0 Å². The third kappa shape index (κ3) is 3.11. The van der Waals surface area contributed by atoms with Crippen LogP contribution in [-0.2, 0) is 9.84 Å². The monoisotopic (exact) mass is 363 g/mol. The molecule has 3 N–H and O–H groups in total. The Kier molecular flexibility index (Phi) is 4.76. The predicted molar refractivity (Wildman–Crippen MR) is 99.8 cm³/mol. The normalized spacial score (nSPS) is 15.5. The molecule has 128 valence electrons. The van der Waals surface area contributed by atoms with E-state index >= 15 is 0 Å². The summed E-state index contributed by atoms with van der Waals surface area (Å²) in [6.07, 6.45) is 0. The SMILES string of the molecule is Cc1c(N2CCNCC2)ccc(S)c1S(=O)(=O)c1ccc(N)cc1. The van der Waals surface area contributed by atoms with E-state index in [0.29, 0.717) is 10.6 Å². The number of hydrogen-bond acceptors (Lipinski definition) is 6. The molecule has 0 atom stereocenters. The summed E-state index contributed by atoms with van der Waals surface area (Å²) in [7, 11) is -3.65. The van der Waals surface area contributed by atoms with E-state index in [9.17, 15) is 8.42 Å². The third-order valence-electron chi connectivity index (χ3n) is 4.27. The smallest absolute Gasteiger partial charge is 0.208 e. The van der Waals surface area contributed by atoms with Gasteiger partial charge in [0.15, 0.2) is 0 Å². The molecule has 2 aromatic rings. The maximum absolute atomic E-state index is 13.1. The zero-order valence-corrected chi connectivity index (χ0v) is 15.2. The van der Waals surface area contributed by atoms with Gasteiger partial charge in [0, 0.05) is 42.4 Å². The molecule has 0 aliphatic carbocycles. The molecule has 1 fully saturated rings. The van der Waals surface area contributed by atoms with E-state index in [1.54, 1.807) is 18.2 Å². The fourth-order valence-electron chi connectivity index (χ4n) is 3.02. The Morgan fingerprint density at radius 3 is 2.33 bits per heavy atom. The molecule has 2 aromatic carbocycles. The van der Waals surface area contributed by atoms with Crippen LogP contribution < -0.4 is 16.0 Å². The van der Waals surface area contributed by atoms with Gasteiger partial charge in [0.25, 0.3) is 0 Å². The average Bonchev–Trinajstić information content (AvgIpc) is 2.56. The molecule has 3 rings (SSSR count). The third-order valence-corrected chi connectivity index (χ3v) is 6.75. The summed E-state index contributed by atoms with van der Waals surface area (Å²) in [5, 5.41) is 3.30. The molecule has 0 aromatic heterocycles. The molecule has 5 nitrogen and oxygen atoms in total. The Hall–Kier alpha value is -1.70. The number of anilines is 2. The van der Waals surface area contributed by atoms with Crippen LogP contribution in [0.2, 0.25) is 0 Å². The van der Waals surface area contributed by atoms with Crippen molar-refractivity contribution in [2.24, 2.45) is 0 Å². The summed E-state index contributed by atoms with van der Waals surface area (Å²) in [6, 6.07) is 9.98. The summed E-state index contributed by atoms with van der Waals surface area (Å²) in [5.74, 6) is 0. The van der Waals surface area contributed by atoms with Gasteiger partial charge in [-0.05, 0) is 48.9 Å². The van der Waals surface area contributed by atoms with Gasteiger partial charge in [0.1, 0.15) is 0 Å². The number of rotatable bonds is 3. The Labute approximate surface area is 148 Å². The van der Waals surface area contributed by atoms with Gasteiger partial charge < -0.3 is 16.0 Å². The second-order valence-electron chi connectivity index (χ2n) is 5.87. The van der Waals surface area contributed by atoms with Gasteiger partial charge in [-0.3, -0.25) is 0 Å². The highest BCUT2D eigenvalue weighted by Gasteiger charge is 2.26. The van der Waals surface area contributed by atoms with Crippen LogP contribution in [0.3, 0.4) is 0 Å². The van der Waals surface area contributed by atoms with Crippen LogP contribution in [0, 0.1) is 6.92 Å². The van der Waals surface area contributed by atoms with Crippen molar-refractivity contribution in [2.75, 3.05) is 36.8 Å². The highest BCUT2D eigenvalue weighted by molar-refractivity contribution is 7.92. The molecule has 24 heavy (non-hydrogen) atoms. The average molecular weight is 364 g/mol. The van der Waals surface area contributed by atoms with Gasteiger partial charge in [-0.25, -0.2) is 8.42 Å². The Morgan fingerprint density at radius 1 is 1.08 bits per heavy atom. The van der Waals surface area contributed by atoms with Crippen LogP contribution in [0.15, 0.2) is 51.1 Å².